The van der Waals surface area contributed by atoms with E-state index in [1.54, 1.807) is 4.90 Å². The van der Waals surface area contributed by atoms with Crippen molar-refractivity contribution >= 4 is 11.8 Å². The van der Waals surface area contributed by atoms with Crippen LogP contribution in [0.5, 0.6) is 0 Å². The van der Waals surface area contributed by atoms with Crippen molar-refractivity contribution in [3.8, 4) is 0 Å². The molecule has 0 aliphatic carbocycles. The van der Waals surface area contributed by atoms with Crippen molar-refractivity contribution in [2.75, 3.05) is 6.54 Å². The maximum absolute atomic E-state index is 12.0. The van der Waals surface area contributed by atoms with Gasteiger partial charge >= 0.3 is 0 Å². The Morgan fingerprint density at radius 1 is 1.50 bits per heavy atom. The van der Waals surface area contributed by atoms with Gasteiger partial charge < -0.3 is 16.0 Å². The lowest BCUT2D eigenvalue weighted by Gasteiger charge is -2.22. The van der Waals surface area contributed by atoms with E-state index in [-0.39, 0.29) is 23.8 Å². The van der Waals surface area contributed by atoms with Gasteiger partial charge in [-0.1, -0.05) is 20.3 Å². The van der Waals surface area contributed by atoms with Gasteiger partial charge in [-0.15, -0.1) is 0 Å². The van der Waals surface area contributed by atoms with Gasteiger partial charge in [0.25, 0.3) is 0 Å². The van der Waals surface area contributed by atoms with Crippen LogP contribution in [0.4, 0.5) is 0 Å². The third-order valence-electron chi connectivity index (χ3n) is 3.74. The smallest absolute Gasteiger partial charge is 0.245 e. The fourth-order valence-corrected chi connectivity index (χ4v) is 2.13. The summed E-state index contributed by atoms with van der Waals surface area (Å²) in [5, 5.41) is 2.77. The van der Waals surface area contributed by atoms with Crippen LogP contribution in [0.15, 0.2) is 0 Å². The van der Waals surface area contributed by atoms with E-state index >= 15 is 0 Å². The van der Waals surface area contributed by atoms with Crippen LogP contribution >= 0.6 is 0 Å². The SMILES string of the molecule is CCC(C)C(N)C(=O)NC1CCN(C(C)C)C1=O. The lowest BCUT2D eigenvalue weighted by atomic mass is 9.99. The number of rotatable bonds is 5. The number of amides is 2. The predicted octanol–water partition coefficient (Wildman–Crippen LogP) is 0.485. The molecule has 5 nitrogen and oxygen atoms in total. The molecule has 3 unspecified atom stereocenters. The molecule has 0 saturated carbocycles. The van der Waals surface area contributed by atoms with Crippen molar-refractivity contribution in [3.05, 3.63) is 0 Å². The molecule has 1 rings (SSSR count). The van der Waals surface area contributed by atoms with Crippen molar-refractivity contribution in [1.82, 2.24) is 10.2 Å². The van der Waals surface area contributed by atoms with Crippen molar-refractivity contribution in [1.29, 1.82) is 0 Å². The van der Waals surface area contributed by atoms with E-state index in [1.807, 2.05) is 27.7 Å². The topological polar surface area (TPSA) is 75.4 Å². The Morgan fingerprint density at radius 3 is 2.56 bits per heavy atom. The van der Waals surface area contributed by atoms with E-state index in [2.05, 4.69) is 5.32 Å². The van der Waals surface area contributed by atoms with Crippen molar-refractivity contribution < 1.29 is 9.59 Å². The second-order valence-electron chi connectivity index (χ2n) is 5.39. The Labute approximate surface area is 109 Å². The fraction of sp³-hybridized carbons (Fsp3) is 0.846. The Hall–Kier alpha value is -1.10. The monoisotopic (exact) mass is 255 g/mol. The second-order valence-corrected chi connectivity index (χ2v) is 5.39. The van der Waals surface area contributed by atoms with Crippen LogP contribution in [0.2, 0.25) is 0 Å². The molecule has 2 amide bonds. The largest absolute Gasteiger partial charge is 0.343 e. The van der Waals surface area contributed by atoms with E-state index in [0.717, 1.165) is 6.42 Å². The van der Waals surface area contributed by atoms with E-state index in [4.69, 9.17) is 5.73 Å². The first kappa shape index (κ1) is 15.0. The highest BCUT2D eigenvalue weighted by molar-refractivity contribution is 5.91. The van der Waals surface area contributed by atoms with Crippen molar-refractivity contribution in [2.24, 2.45) is 11.7 Å². The summed E-state index contributed by atoms with van der Waals surface area (Å²) in [6.45, 7) is 8.61. The highest BCUT2D eigenvalue weighted by atomic mass is 16.2. The molecule has 3 atom stereocenters. The van der Waals surface area contributed by atoms with Gasteiger partial charge in [-0.3, -0.25) is 9.59 Å². The number of nitrogens with one attached hydrogen (secondary N) is 1. The van der Waals surface area contributed by atoms with Crippen molar-refractivity contribution in [2.45, 2.75) is 58.7 Å². The minimum atomic E-state index is -0.532. The first-order chi connectivity index (χ1) is 8.38. The third-order valence-corrected chi connectivity index (χ3v) is 3.74. The minimum Gasteiger partial charge on any atom is -0.343 e. The van der Waals surface area contributed by atoms with Crippen LogP contribution in [0, 0.1) is 5.92 Å². The summed E-state index contributed by atoms with van der Waals surface area (Å²) in [6.07, 6.45) is 1.53. The van der Waals surface area contributed by atoms with Crippen LogP contribution in [0.3, 0.4) is 0 Å². The molecule has 0 bridgehead atoms. The van der Waals surface area contributed by atoms with Gasteiger partial charge in [0.2, 0.25) is 11.8 Å². The maximum Gasteiger partial charge on any atom is 0.245 e. The highest BCUT2D eigenvalue weighted by Crippen LogP contribution is 2.15. The van der Waals surface area contributed by atoms with Gasteiger partial charge in [-0.25, -0.2) is 0 Å². The number of carbonyl (C=O) groups excluding carboxylic acids is 2. The highest BCUT2D eigenvalue weighted by Gasteiger charge is 2.35. The van der Waals surface area contributed by atoms with Crippen LogP contribution in [0.25, 0.3) is 0 Å². The quantitative estimate of drug-likeness (QED) is 0.750. The number of nitrogens with zero attached hydrogens (tertiary/aromatic N) is 1. The summed E-state index contributed by atoms with van der Waals surface area (Å²) in [6, 6.07) is -0.742. The molecule has 0 aromatic rings. The minimum absolute atomic E-state index is 0.00898. The lowest BCUT2D eigenvalue weighted by molar-refractivity contribution is -0.134. The Kier molecular flexibility index (Phi) is 5.14. The fourth-order valence-electron chi connectivity index (χ4n) is 2.13. The molecular weight excluding hydrogens is 230 g/mol. The van der Waals surface area contributed by atoms with Gasteiger partial charge in [0, 0.05) is 12.6 Å². The third kappa shape index (κ3) is 3.22. The molecule has 1 heterocycles. The van der Waals surface area contributed by atoms with Crippen LogP contribution in [-0.2, 0) is 9.59 Å². The summed E-state index contributed by atoms with van der Waals surface area (Å²) in [7, 11) is 0. The zero-order valence-electron chi connectivity index (χ0n) is 11.8. The molecule has 3 N–H and O–H groups in total. The molecule has 104 valence electrons. The Balaban J connectivity index is 2.54. The number of hydrogen-bond donors (Lipinski definition) is 2. The summed E-state index contributed by atoms with van der Waals surface area (Å²) < 4.78 is 0. The normalized spacial score (nSPS) is 23.3. The molecule has 0 radical (unpaired) electrons. The average Bonchev–Trinajstić information content (AvgIpc) is 2.69. The van der Waals surface area contributed by atoms with Gasteiger partial charge in [0.05, 0.1) is 6.04 Å². The first-order valence-corrected chi connectivity index (χ1v) is 6.74. The van der Waals surface area contributed by atoms with Crippen LogP contribution < -0.4 is 11.1 Å². The van der Waals surface area contributed by atoms with E-state index in [1.165, 1.54) is 0 Å². The molecular formula is C13H25N3O2. The van der Waals surface area contributed by atoms with Gasteiger partial charge in [0.1, 0.15) is 6.04 Å². The number of likely N-dealkylation sites (tertiary alicyclic amines) is 1. The number of carbonyl (C=O) groups is 2. The Morgan fingerprint density at radius 2 is 2.11 bits per heavy atom. The molecule has 1 aliphatic rings. The first-order valence-electron chi connectivity index (χ1n) is 6.74. The molecule has 5 heteroatoms. The van der Waals surface area contributed by atoms with Crippen LogP contribution in [-0.4, -0.2) is 41.4 Å². The standard InChI is InChI=1S/C13H25N3O2/c1-5-9(4)11(14)12(17)15-10-6-7-16(8(2)3)13(10)18/h8-11H,5-7,14H2,1-4H3,(H,15,17). The molecule has 0 aromatic carbocycles. The molecule has 0 spiro atoms. The zero-order chi connectivity index (χ0) is 13.9. The number of hydrogen-bond acceptors (Lipinski definition) is 3. The molecule has 18 heavy (non-hydrogen) atoms. The molecule has 1 fully saturated rings. The van der Waals surface area contributed by atoms with Crippen LogP contribution in [0.1, 0.15) is 40.5 Å². The molecule has 0 aromatic heterocycles. The average molecular weight is 255 g/mol. The van der Waals surface area contributed by atoms with E-state index in [9.17, 15) is 9.59 Å². The summed E-state index contributed by atoms with van der Waals surface area (Å²) in [5.41, 5.74) is 5.85. The summed E-state index contributed by atoms with van der Waals surface area (Å²) in [4.78, 5) is 25.7. The van der Waals surface area contributed by atoms with Crippen molar-refractivity contribution in [3.63, 3.8) is 0 Å². The predicted molar refractivity (Wildman–Crippen MR) is 70.8 cm³/mol. The molecule has 1 aliphatic heterocycles. The van der Waals surface area contributed by atoms with Gasteiger partial charge in [-0.05, 0) is 26.2 Å². The zero-order valence-corrected chi connectivity index (χ0v) is 11.8. The van der Waals surface area contributed by atoms with Gasteiger partial charge in [0.15, 0.2) is 0 Å². The maximum atomic E-state index is 12.0. The summed E-state index contributed by atoms with van der Waals surface area (Å²) in [5.74, 6) is -0.0780. The summed E-state index contributed by atoms with van der Waals surface area (Å²) >= 11 is 0. The van der Waals surface area contributed by atoms with E-state index in [0.29, 0.717) is 13.0 Å². The Bertz CT molecular complexity index is 317. The molecule has 1 saturated heterocycles. The second kappa shape index (κ2) is 6.18. The van der Waals surface area contributed by atoms with Gasteiger partial charge in [-0.2, -0.15) is 0 Å². The number of nitrogens with two attached hydrogens (primary N) is 1. The van der Waals surface area contributed by atoms with E-state index < -0.39 is 12.1 Å². The lowest BCUT2D eigenvalue weighted by Crippen LogP contribution is -2.51.